The van der Waals surface area contributed by atoms with Gasteiger partial charge in [-0.2, -0.15) is 0 Å². The van der Waals surface area contributed by atoms with Crippen molar-refractivity contribution in [3.05, 3.63) is 29.8 Å². The fourth-order valence-corrected chi connectivity index (χ4v) is 1.86. The molecule has 1 aromatic rings. The molecule has 1 rings (SSSR count). The number of nitrogens with one attached hydrogen (secondary N) is 1. The molecule has 0 saturated heterocycles. The quantitative estimate of drug-likeness (QED) is 0.423. The van der Waals surface area contributed by atoms with Gasteiger partial charge in [-0.15, -0.1) is 0 Å². The summed E-state index contributed by atoms with van der Waals surface area (Å²) in [6, 6.07) is 3.49. The van der Waals surface area contributed by atoms with Gasteiger partial charge in [-0.1, -0.05) is 19.9 Å². The summed E-state index contributed by atoms with van der Waals surface area (Å²) >= 11 is 0. The van der Waals surface area contributed by atoms with Crippen LogP contribution in [0.1, 0.15) is 25.8 Å². The number of esters is 1. The number of amides is 1. The maximum Gasteiger partial charge on any atom is 0.328 e. The highest BCUT2D eigenvalue weighted by Crippen LogP contribution is 2.25. The first-order valence-corrected chi connectivity index (χ1v) is 6.92. The molecule has 0 aliphatic carbocycles. The van der Waals surface area contributed by atoms with Crippen molar-refractivity contribution in [3.63, 3.8) is 0 Å². The molecule has 1 aromatic carbocycles. The van der Waals surface area contributed by atoms with E-state index in [0.717, 1.165) is 0 Å². The summed E-state index contributed by atoms with van der Waals surface area (Å²) in [6.45, 7) is 3.88. The van der Waals surface area contributed by atoms with E-state index in [1.54, 1.807) is 6.07 Å². The Balaban J connectivity index is 2.71. The van der Waals surface area contributed by atoms with Crippen LogP contribution < -0.4 is 5.32 Å². The standard InChI is InChI=1S/C16H21NO5/c1-10(2)8-12(16(21)22-3)17-15(20)7-5-11-4-6-13(18)14(19)9-11/h4-7,9-10,12,18-19H,8H2,1-3H3,(H,17,20)/b7-5+/t12-/m0/s1. The van der Waals surface area contributed by atoms with E-state index < -0.39 is 17.9 Å². The average molecular weight is 307 g/mol. The molecule has 0 unspecified atom stereocenters. The lowest BCUT2D eigenvalue weighted by atomic mass is 10.0. The minimum atomic E-state index is -0.699. The number of aromatic hydroxyl groups is 2. The highest BCUT2D eigenvalue weighted by atomic mass is 16.5. The molecule has 0 bridgehead atoms. The van der Waals surface area contributed by atoms with Crippen LogP contribution in [-0.4, -0.2) is 35.2 Å². The number of hydrogen-bond donors (Lipinski definition) is 3. The van der Waals surface area contributed by atoms with E-state index in [0.29, 0.717) is 12.0 Å². The zero-order chi connectivity index (χ0) is 16.7. The van der Waals surface area contributed by atoms with Crippen molar-refractivity contribution in [1.82, 2.24) is 5.32 Å². The molecule has 0 fully saturated rings. The number of ether oxygens (including phenoxy) is 1. The van der Waals surface area contributed by atoms with Gasteiger partial charge in [0.2, 0.25) is 5.91 Å². The molecule has 3 N–H and O–H groups in total. The van der Waals surface area contributed by atoms with E-state index >= 15 is 0 Å². The van der Waals surface area contributed by atoms with Crippen LogP contribution in [0.25, 0.3) is 6.08 Å². The third kappa shape index (κ3) is 5.47. The van der Waals surface area contributed by atoms with Gasteiger partial charge < -0.3 is 20.3 Å². The van der Waals surface area contributed by atoms with Crippen LogP contribution in [0.3, 0.4) is 0 Å². The molecular weight excluding hydrogens is 286 g/mol. The zero-order valence-corrected chi connectivity index (χ0v) is 12.9. The molecule has 1 atom stereocenters. The Morgan fingerprint density at radius 1 is 1.27 bits per heavy atom. The third-order valence-electron chi connectivity index (χ3n) is 2.94. The van der Waals surface area contributed by atoms with Crippen LogP contribution in [0.15, 0.2) is 24.3 Å². The third-order valence-corrected chi connectivity index (χ3v) is 2.94. The van der Waals surface area contributed by atoms with Crippen LogP contribution in [-0.2, 0) is 14.3 Å². The van der Waals surface area contributed by atoms with Crippen LogP contribution in [0, 0.1) is 5.92 Å². The molecular formula is C16H21NO5. The molecule has 0 aliphatic heterocycles. The Kier molecular flexibility index (Phi) is 6.44. The van der Waals surface area contributed by atoms with E-state index in [1.807, 2.05) is 13.8 Å². The van der Waals surface area contributed by atoms with E-state index in [1.165, 1.54) is 31.4 Å². The van der Waals surface area contributed by atoms with Crippen molar-refractivity contribution in [3.8, 4) is 11.5 Å². The molecule has 22 heavy (non-hydrogen) atoms. The van der Waals surface area contributed by atoms with Gasteiger partial charge in [0.25, 0.3) is 0 Å². The number of benzene rings is 1. The fraction of sp³-hybridized carbons (Fsp3) is 0.375. The van der Waals surface area contributed by atoms with Gasteiger partial charge in [-0.05, 0) is 36.1 Å². The maximum absolute atomic E-state index is 11.9. The van der Waals surface area contributed by atoms with E-state index in [9.17, 15) is 19.8 Å². The number of carbonyl (C=O) groups is 2. The summed E-state index contributed by atoms with van der Waals surface area (Å²) < 4.78 is 4.67. The van der Waals surface area contributed by atoms with Crippen molar-refractivity contribution >= 4 is 18.0 Å². The number of methoxy groups -OCH3 is 1. The number of rotatable bonds is 6. The normalized spacial score (nSPS) is 12.4. The first-order valence-electron chi connectivity index (χ1n) is 6.92. The van der Waals surface area contributed by atoms with E-state index in [2.05, 4.69) is 10.1 Å². The Morgan fingerprint density at radius 3 is 2.50 bits per heavy atom. The Labute approximate surface area is 129 Å². The Morgan fingerprint density at radius 2 is 1.95 bits per heavy atom. The average Bonchev–Trinajstić information content (AvgIpc) is 2.46. The molecule has 0 spiro atoms. The number of carbonyl (C=O) groups excluding carboxylic acids is 2. The van der Waals surface area contributed by atoms with Gasteiger partial charge in [-0.25, -0.2) is 4.79 Å². The summed E-state index contributed by atoms with van der Waals surface area (Å²) in [5, 5.41) is 21.2. The Hall–Kier alpha value is -2.50. The van der Waals surface area contributed by atoms with Crippen molar-refractivity contribution in [2.24, 2.45) is 5.92 Å². The fourth-order valence-electron chi connectivity index (χ4n) is 1.86. The smallest absolute Gasteiger partial charge is 0.328 e. The second-order valence-corrected chi connectivity index (χ2v) is 5.30. The van der Waals surface area contributed by atoms with Crippen molar-refractivity contribution in [2.45, 2.75) is 26.3 Å². The lowest BCUT2D eigenvalue weighted by molar-refractivity contribution is -0.145. The molecule has 6 nitrogen and oxygen atoms in total. The van der Waals surface area contributed by atoms with Crippen LogP contribution in [0.5, 0.6) is 11.5 Å². The molecule has 6 heteroatoms. The predicted octanol–water partition coefficient (Wildman–Crippen LogP) is 1.81. The largest absolute Gasteiger partial charge is 0.504 e. The predicted molar refractivity (Wildman–Crippen MR) is 82.2 cm³/mol. The molecule has 0 aromatic heterocycles. The lowest BCUT2D eigenvalue weighted by Gasteiger charge is -2.17. The molecule has 120 valence electrons. The topological polar surface area (TPSA) is 95.9 Å². The molecule has 0 heterocycles. The van der Waals surface area contributed by atoms with Gasteiger partial charge in [0.15, 0.2) is 11.5 Å². The van der Waals surface area contributed by atoms with Crippen LogP contribution in [0.4, 0.5) is 0 Å². The molecule has 0 aliphatic rings. The second-order valence-electron chi connectivity index (χ2n) is 5.30. The zero-order valence-electron chi connectivity index (χ0n) is 12.9. The minimum absolute atomic E-state index is 0.224. The molecule has 1 amide bonds. The number of hydrogen-bond acceptors (Lipinski definition) is 5. The first-order chi connectivity index (χ1) is 10.3. The van der Waals surface area contributed by atoms with Crippen molar-refractivity contribution < 1.29 is 24.5 Å². The van der Waals surface area contributed by atoms with Crippen LogP contribution in [0.2, 0.25) is 0 Å². The van der Waals surface area contributed by atoms with Gasteiger partial charge in [0.05, 0.1) is 7.11 Å². The lowest BCUT2D eigenvalue weighted by Crippen LogP contribution is -2.41. The summed E-state index contributed by atoms with van der Waals surface area (Å²) in [4.78, 5) is 23.5. The van der Waals surface area contributed by atoms with Gasteiger partial charge in [0, 0.05) is 6.08 Å². The van der Waals surface area contributed by atoms with Gasteiger partial charge in [0.1, 0.15) is 6.04 Å². The molecule has 0 radical (unpaired) electrons. The summed E-state index contributed by atoms with van der Waals surface area (Å²) in [6.07, 6.45) is 3.20. The van der Waals surface area contributed by atoms with Crippen molar-refractivity contribution in [2.75, 3.05) is 7.11 Å². The van der Waals surface area contributed by atoms with Crippen LogP contribution >= 0.6 is 0 Å². The summed E-state index contributed by atoms with van der Waals surface area (Å²) in [5.41, 5.74) is 0.545. The van der Waals surface area contributed by atoms with Crippen molar-refractivity contribution in [1.29, 1.82) is 0 Å². The minimum Gasteiger partial charge on any atom is -0.504 e. The van der Waals surface area contributed by atoms with Gasteiger partial charge >= 0.3 is 5.97 Å². The maximum atomic E-state index is 11.9. The second kappa shape index (κ2) is 8.07. The highest BCUT2D eigenvalue weighted by Gasteiger charge is 2.21. The van der Waals surface area contributed by atoms with Gasteiger partial charge in [-0.3, -0.25) is 4.79 Å². The highest BCUT2D eigenvalue weighted by molar-refractivity contribution is 5.94. The monoisotopic (exact) mass is 307 g/mol. The van der Waals surface area contributed by atoms with E-state index in [-0.39, 0.29) is 17.4 Å². The molecule has 0 saturated carbocycles. The SMILES string of the molecule is COC(=O)[C@H](CC(C)C)NC(=O)/C=C/c1ccc(O)c(O)c1. The number of phenols is 2. The summed E-state index contributed by atoms with van der Waals surface area (Å²) in [7, 11) is 1.27. The van der Waals surface area contributed by atoms with E-state index in [4.69, 9.17) is 0 Å². The number of phenolic OH excluding ortho intramolecular Hbond substituents is 2. The Bertz CT molecular complexity index is 566. The summed E-state index contributed by atoms with van der Waals surface area (Å²) in [5.74, 6) is -1.21. The first kappa shape index (κ1) is 17.6.